The van der Waals surface area contributed by atoms with Crippen molar-refractivity contribution < 1.29 is 8.78 Å². The summed E-state index contributed by atoms with van der Waals surface area (Å²) in [6.07, 6.45) is 2.45. The third-order valence-electron chi connectivity index (χ3n) is 4.12. The highest BCUT2D eigenvalue weighted by atomic mass is 35.5. The fourth-order valence-electron chi connectivity index (χ4n) is 2.72. The molecule has 3 rings (SSSR count). The average molecular weight is 392 g/mol. The van der Waals surface area contributed by atoms with Gasteiger partial charge in [-0.15, -0.1) is 0 Å². The van der Waals surface area contributed by atoms with Crippen molar-refractivity contribution in [2.24, 2.45) is 0 Å². The zero-order valence-electron chi connectivity index (χ0n) is 14.4. The molecule has 27 heavy (non-hydrogen) atoms. The number of nitrogens with zero attached hydrogens (tertiary/aromatic N) is 3. The van der Waals surface area contributed by atoms with E-state index in [4.69, 9.17) is 11.6 Å². The Labute approximate surface area is 158 Å². The number of H-pyrrole nitrogens is 1. The lowest BCUT2D eigenvalue weighted by atomic mass is 10.2. The summed E-state index contributed by atoms with van der Waals surface area (Å²) < 4.78 is 29.0. The molecule has 0 bridgehead atoms. The summed E-state index contributed by atoms with van der Waals surface area (Å²) in [6.45, 7) is 1.78. The van der Waals surface area contributed by atoms with Crippen LogP contribution in [0, 0.1) is 23.0 Å². The number of aryl methyl sites for hydroxylation is 1. The highest BCUT2D eigenvalue weighted by Gasteiger charge is 2.17. The minimum Gasteiger partial charge on any atom is -0.365 e. The summed E-state index contributed by atoms with van der Waals surface area (Å²) >= 11 is 5.61. The predicted octanol–water partition coefficient (Wildman–Crippen LogP) is 3.78. The Morgan fingerprint density at radius 3 is 2.67 bits per heavy atom. The third kappa shape index (κ3) is 3.78. The number of aromatic amines is 1. The van der Waals surface area contributed by atoms with E-state index in [9.17, 15) is 18.8 Å². The minimum absolute atomic E-state index is 0.0487. The van der Waals surface area contributed by atoms with Crippen molar-refractivity contribution in [3.8, 4) is 6.07 Å². The zero-order chi connectivity index (χ0) is 19.6. The van der Waals surface area contributed by atoms with Crippen LogP contribution in [0.15, 0.2) is 23.0 Å². The van der Waals surface area contributed by atoms with E-state index in [-0.39, 0.29) is 39.7 Å². The fraction of sp³-hybridized carbons (Fsp3) is 0.278. The first-order chi connectivity index (χ1) is 12.9. The molecule has 2 N–H and O–H groups in total. The van der Waals surface area contributed by atoms with E-state index in [0.717, 1.165) is 29.5 Å². The van der Waals surface area contributed by atoms with Gasteiger partial charge in [0.1, 0.15) is 29.1 Å². The van der Waals surface area contributed by atoms with Crippen LogP contribution in [0.1, 0.15) is 36.6 Å². The first-order valence-corrected chi connectivity index (χ1v) is 8.74. The smallest absolute Gasteiger partial charge is 0.272 e. The van der Waals surface area contributed by atoms with Gasteiger partial charge in [0.2, 0.25) is 0 Å². The summed E-state index contributed by atoms with van der Waals surface area (Å²) in [5, 5.41) is 14.9. The second-order valence-corrected chi connectivity index (χ2v) is 6.46. The van der Waals surface area contributed by atoms with Gasteiger partial charge in [0.05, 0.1) is 0 Å². The number of nitrogens with one attached hydrogen (secondary N) is 2. The summed E-state index contributed by atoms with van der Waals surface area (Å²) in [5.74, 6) is -1.46. The van der Waals surface area contributed by atoms with Gasteiger partial charge < -0.3 is 5.32 Å². The van der Waals surface area contributed by atoms with Crippen LogP contribution in [0.25, 0.3) is 5.65 Å². The van der Waals surface area contributed by atoms with E-state index in [2.05, 4.69) is 15.4 Å². The summed E-state index contributed by atoms with van der Waals surface area (Å²) in [7, 11) is 0. The molecule has 0 aliphatic heterocycles. The van der Waals surface area contributed by atoms with Crippen molar-refractivity contribution >= 4 is 23.1 Å². The number of aromatic nitrogens is 3. The van der Waals surface area contributed by atoms with Gasteiger partial charge in [-0.1, -0.05) is 24.9 Å². The zero-order valence-corrected chi connectivity index (χ0v) is 15.2. The monoisotopic (exact) mass is 391 g/mol. The number of anilines is 1. The highest BCUT2D eigenvalue weighted by molar-refractivity contribution is 6.30. The Balaban J connectivity index is 1.97. The van der Waals surface area contributed by atoms with E-state index in [1.165, 1.54) is 6.07 Å². The van der Waals surface area contributed by atoms with E-state index in [1.54, 1.807) is 0 Å². The number of hydrogen-bond acceptors (Lipinski definition) is 4. The largest absolute Gasteiger partial charge is 0.365 e. The third-order valence-corrected chi connectivity index (χ3v) is 4.33. The number of rotatable bonds is 6. The van der Waals surface area contributed by atoms with E-state index >= 15 is 0 Å². The van der Waals surface area contributed by atoms with Crippen molar-refractivity contribution in [3.05, 3.63) is 62.0 Å². The van der Waals surface area contributed by atoms with Crippen molar-refractivity contribution in [1.82, 2.24) is 14.6 Å². The van der Waals surface area contributed by atoms with E-state index in [0.29, 0.717) is 12.1 Å². The van der Waals surface area contributed by atoms with E-state index < -0.39 is 11.6 Å². The summed E-state index contributed by atoms with van der Waals surface area (Å²) in [4.78, 5) is 16.7. The van der Waals surface area contributed by atoms with Crippen LogP contribution in [0.4, 0.5) is 14.6 Å². The maximum atomic E-state index is 13.9. The molecule has 3 aromatic rings. The standard InChI is InChI=1S/C18H16ClF2N5O/c1-2-3-4-11-7-16(27)26-18(24-11)12(8-22)17(25-26)23-9-13-14(20)5-10(19)6-15(13)21/h5-7,23,25H,2-4,9H2,1H3. The number of halogens is 3. The molecule has 0 amide bonds. The molecule has 0 unspecified atom stereocenters. The number of hydrogen-bond donors (Lipinski definition) is 2. The van der Waals surface area contributed by atoms with E-state index in [1.807, 2.05) is 13.0 Å². The maximum absolute atomic E-state index is 13.9. The number of fused-ring (bicyclic) bond motifs is 1. The molecule has 0 aliphatic carbocycles. The van der Waals surface area contributed by atoms with Crippen LogP contribution in [0.2, 0.25) is 5.02 Å². The second kappa shape index (κ2) is 7.76. The van der Waals surface area contributed by atoms with Crippen molar-refractivity contribution in [2.75, 3.05) is 5.32 Å². The minimum atomic E-state index is -0.806. The second-order valence-electron chi connectivity index (χ2n) is 6.02. The van der Waals surface area contributed by atoms with Gasteiger partial charge in [0, 0.05) is 28.9 Å². The molecule has 140 valence electrons. The number of nitriles is 1. The quantitative estimate of drug-likeness (QED) is 0.669. The number of benzene rings is 1. The van der Waals surface area contributed by atoms with Crippen LogP contribution < -0.4 is 10.9 Å². The molecule has 2 aromatic heterocycles. The lowest BCUT2D eigenvalue weighted by Gasteiger charge is -2.07. The molecule has 2 heterocycles. The van der Waals surface area contributed by atoms with Crippen LogP contribution >= 0.6 is 11.6 Å². The Morgan fingerprint density at radius 2 is 2.04 bits per heavy atom. The predicted molar refractivity (Wildman–Crippen MR) is 97.8 cm³/mol. The molecule has 0 saturated heterocycles. The van der Waals surface area contributed by atoms with Crippen LogP contribution in [-0.2, 0) is 13.0 Å². The van der Waals surface area contributed by atoms with Gasteiger partial charge in [-0.3, -0.25) is 9.89 Å². The van der Waals surface area contributed by atoms with Gasteiger partial charge in [-0.05, 0) is 25.0 Å². The van der Waals surface area contributed by atoms with Gasteiger partial charge in [-0.25, -0.2) is 13.8 Å². The Kier molecular flexibility index (Phi) is 5.42. The molecule has 0 saturated carbocycles. The molecule has 9 heteroatoms. The first-order valence-electron chi connectivity index (χ1n) is 8.36. The van der Waals surface area contributed by atoms with Crippen molar-refractivity contribution in [3.63, 3.8) is 0 Å². The Hall–Kier alpha value is -2.92. The fourth-order valence-corrected chi connectivity index (χ4v) is 2.91. The molecule has 0 radical (unpaired) electrons. The first kappa shape index (κ1) is 18.9. The highest BCUT2D eigenvalue weighted by Crippen LogP contribution is 2.22. The van der Waals surface area contributed by atoms with Crippen LogP contribution in [0.3, 0.4) is 0 Å². The van der Waals surface area contributed by atoms with Crippen molar-refractivity contribution in [2.45, 2.75) is 32.7 Å². The normalized spacial score (nSPS) is 10.9. The molecule has 0 fully saturated rings. The summed E-state index contributed by atoms with van der Waals surface area (Å²) in [5.41, 5.74) is 0.278. The summed E-state index contributed by atoms with van der Waals surface area (Å²) in [6, 6.07) is 5.39. The van der Waals surface area contributed by atoms with Gasteiger partial charge >= 0.3 is 0 Å². The molecular formula is C18H16ClF2N5O. The maximum Gasteiger partial charge on any atom is 0.272 e. The topological polar surface area (TPSA) is 86.0 Å². The lowest BCUT2D eigenvalue weighted by molar-refractivity contribution is 0.560. The SMILES string of the molecule is CCCCc1cc(=O)n2[nH]c(NCc3c(F)cc(Cl)cc3F)c(C#N)c2n1. The van der Waals surface area contributed by atoms with Gasteiger partial charge in [0.15, 0.2) is 5.65 Å². The molecule has 1 aromatic carbocycles. The van der Waals surface area contributed by atoms with Crippen LogP contribution in [-0.4, -0.2) is 14.6 Å². The molecule has 6 nitrogen and oxygen atoms in total. The Bertz CT molecular complexity index is 1080. The average Bonchev–Trinajstić information content (AvgIpc) is 2.97. The molecule has 0 aliphatic rings. The molecular weight excluding hydrogens is 376 g/mol. The molecule has 0 spiro atoms. The Morgan fingerprint density at radius 1 is 1.33 bits per heavy atom. The van der Waals surface area contributed by atoms with Crippen LogP contribution in [0.5, 0.6) is 0 Å². The lowest BCUT2D eigenvalue weighted by Crippen LogP contribution is -2.16. The van der Waals surface area contributed by atoms with Gasteiger partial charge in [0.25, 0.3) is 5.56 Å². The van der Waals surface area contributed by atoms with Crippen molar-refractivity contribution in [1.29, 1.82) is 5.26 Å². The molecule has 0 atom stereocenters. The number of unbranched alkanes of at least 4 members (excludes halogenated alkanes) is 1. The van der Waals surface area contributed by atoms with Gasteiger partial charge in [-0.2, -0.15) is 9.78 Å².